The van der Waals surface area contributed by atoms with Crippen molar-refractivity contribution in [2.45, 2.75) is 6.42 Å². The molecule has 0 aliphatic carbocycles. The Morgan fingerprint density at radius 2 is 1.60 bits per heavy atom. The van der Waals surface area contributed by atoms with E-state index in [0.29, 0.717) is 15.2 Å². The summed E-state index contributed by atoms with van der Waals surface area (Å²) in [6.07, 6.45) is 6.01. The third-order valence-corrected chi connectivity index (χ3v) is 6.35. The number of nitrogens with zero attached hydrogens (tertiary/aromatic N) is 3. The van der Waals surface area contributed by atoms with Gasteiger partial charge in [-0.15, -0.1) is 11.3 Å². The number of aromatic nitrogens is 3. The van der Waals surface area contributed by atoms with Crippen LogP contribution in [-0.2, 0) is 6.42 Å². The van der Waals surface area contributed by atoms with E-state index < -0.39 is 0 Å². The first-order valence-electron chi connectivity index (χ1n) is 9.43. The van der Waals surface area contributed by atoms with Crippen molar-refractivity contribution >= 4 is 33.2 Å². The van der Waals surface area contributed by atoms with E-state index >= 15 is 0 Å². The number of hydrogen-bond acceptors (Lipinski definition) is 4. The molecule has 3 heterocycles. The number of rotatable bonds is 4. The van der Waals surface area contributed by atoms with E-state index in [2.05, 4.69) is 9.97 Å². The second-order valence-corrected chi connectivity index (χ2v) is 8.44. The van der Waals surface area contributed by atoms with E-state index in [1.807, 2.05) is 66.7 Å². The van der Waals surface area contributed by atoms with E-state index in [0.717, 1.165) is 22.5 Å². The fraction of sp³-hybridized carbons (Fsp3) is 0.0417. The number of thiophene rings is 1. The van der Waals surface area contributed by atoms with Crippen LogP contribution in [0.2, 0.25) is 5.02 Å². The largest absolute Gasteiger partial charge is 0.275 e. The zero-order chi connectivity index (χ0) is 20.5. The third-order valence-electron chi connectivity index (χ3n) is 4.94. The first-order chi connectivity index (χ1) is 14.7. The van der Waals surface area contributed by atoms with Crippen LogP contribution >= 0.6 is 22.9 Å². The molecule has 0 unspecified atom stereocenters. The van der Waals surface area contributed by atoms with E-state index in [1.54, 1.807) is 23.3 Å². The molecule has 30 heavy (non-hydrogen) atoms. The minimum Gasteiger partial charge on any atom is -0.267 e. The summed E-state index contributed by atoms with van der Waals surface area (Å²) in [5.41, 5.74) is 4.84. The molecule has 0 bridgehead atoms. The number of hydrogen-bond donors (Lipinski definition) is 0. The quantitative estimate of drug-likeness (QED) is 0.365. The fourth-order valence-corrected chi connectivity index (χ4v) is 4.54. The van der Waals surface area contributed by atoms with Crippen LogP contribution in [0.3, 0.4) is 0 Å². The molecule has 0 saturated heterocycles. The van der Waals surface area contributed by atoms with Crippen molar-refractivity contribution < 1.29 is 0 Å². The highest BCUT2D eigenvalue weighted by molar-refractivity contribution is 7.22. The van der Waals surface area contributed by atoms with Crippen molar-refractivity contribution in [1.82, 2.24) is 14.5 Å². The van der Waals surface area contributed by atoms with Gasteiger partial charge in [0.25, 0.3) is 5.56 Å². The van der Waals surface area contributed by atoms with Crippen molar-refractivity contribution in [3.8, 4) is 16.1 Å². The van der Waals surface area contributed by atoms with Crippen molar-refractivity contribution in [2.75, 3.05) is 0 Å². The molecule has 0 fully saturated rings. The Morgan fingerprint density at radius 3 is 2.33 bits per heavy atom. The summed E-state index contributed by atoms with van der Waals surface area (Å²) in [6, 6.07) is 21.6. The second-order valence-electron chi connectivity index (χ2n) is 6.95. The van der Waals surface area contributed by atoms with Gasteiger partial charge >= 0.3 is 0 Å². The highest BCUT2D eigenvalue weighted by atomic mass is 35.5. The van der Waals surface area contributed by atoms with E-state index in [4.69, 9.17) is 11.6 Å². The molecule has 4 nitrogen and oxygen atoms in total. The maximum absolute atomic E-state index is 13.1. The monoisotopic (exact) mass is 429 g/mol. The summed E-state index contributed by atoms with van der Waals surface area (Å²) < 4.78 is 2.24. The lowest BCUT2D eigenvalue weighted by Gasteiger charge is -2.07. The number of halogens is 1. The molecule has 6 heteroatoms. The number of fused-ring (bicyclic) bond motifs is 1. The topological polar surface area (TPSA) is 47.8 Å². The molecule has 0 spiro atoms. The van der Waals surface area contributed by atoms with Gasteiger partial charge in [-0.3, -0.25) is 14.3 Å². The molecule has 0 saturated carbocycles. The van der Waals surface area contributed by atoms with Crippen LogP contribution in [0.15, 0.2) is 90.2 Å². The first kappa shape index (κ1) is 18.7. The van der Waals surface area contributed by atoms with Gasteiger partial charge in [-0.05, 0) is 65.6 Å². The maximum Gasteiger partial charge on any atom is 0.275 e. The molecule has 0 radical (unpaired) electrons. The van der Waals surface area contributed by atoms with Gasteiger partial charge in [0.2, 0.25) is 0 Å². The van der Waals surface area contributed by atoms with Gasteiger partial charge in [0.1, 0.15) is 11.0 Å². The molecule has 146 valence electrons. The van der Waals surface area contributed by atoms with Gasteiger partial charge in [0.15, 0.2) is 0 Å². The average Bonchev–Trinajstić information content (AvgIpc) is 3.21. The van der Waals surface area contributed by atoms with Crippen LogP contribution in [0.4, 0.5) is 0 Å². The molecule has 0 aliphatic heterocycles. The number of benzene rings is 2. The highest BCUT2D eigenvalue weighted by Crippen LogP contribution is 2.31. The Labute approximate surface area is 182 Å². The molecule has 2 aromatic carbocycles. The van der Waals surface area contributed by atoms with Crippen molar-refractivity contribution in [3.63, 3.8) is 0 Å². The van der Waals surface area contributed by atoms with Gasteiger partial charge < -0.3 is 0 Å². The van der Waals surface area contributed by atoms with E-state index in [9.17, 15) is 4.79 Å². The molecule has 0 aliphatic rings. The Balaban J connectivity index is 1.48. The van der Waals surface area contributed by atoms with Crippen LogP contribution in [0.5, 0.6) is 0 Å². The summed E-state index contributed by atoms with van der Waals surface area (Å²) in [4.78, 5) is 22.7. The van der Waals surface area contributed by atoms with Crippen LogP contribution in [0.25, 0.3) is 26.3 Å². The van der Waals surface area contributed by atoms with Gasteiger partial charge in [-0.2, -0.15) is 0 Å². The highest BCUT2D eigenvalue weighted by Gasteiger charge is 2.11. The van der Waals surface area contributed by atoms with Gasteiger partial charge in [-0.1, -0.05) is 35.9 Å². The van der Waals surface area contributed by atoms with Gasteiger partial charge in [0, 0.05) is 22.3 Å². The second kappa shape index (κ2) is 7.86. The van der Waals surface area contributed by atoms with E-state index in [1.165, 1.54) is 22.5 Å². The Kier molecular flexibility index (Phi) is 4.91. The molecular formula is C24H16ClN3OS. The standard InChI is InChI=1S/C24H16ClN3OS/c25-19-5-3-18(4-6-19)22-14-21-23(30-22)24(29)28(15-27-21)20-7-1-16(2-8-20)13-17-9-11-26-12-10-17/h1-12,14-15H,13H2. The smallest absolute Gasteiger partial charge is 0.267 e. The normalized spacial score (nSPS) is 11.1. The maximum atomic E-state index is 13.1. The van der Waals surface area contributed by atoms with Gasteiger partial charge in [0.05, 0.1) is 11.2 Å². The lowest BCUT2D eigenvalue weighted by Crippen LogP contribution is -2.17. The molecule has 0 atom stereocenters. The molecule has 5 aromatic rings. The van der Waals surface area contributed by atoms with Crippen LogP contribution in [0, 0.1) is 0 Å². The Morgan fingerprint density at radius 1 is 0.900 bits per heavy atom. The minimum atomic E-state index is -0.0629. The van der Waals surface area contributed by atoms with E-state index in [-0.39, 0.29) is 5.56 Å². The van der Waals surface area contributed by atoms with Gasteiger partial charge in [-0.25, -0.2) is 4.98 Å². The Hall–Kier alpha value is -3.28. The lowest BCUT2D eigenvalue weighted by atomic mass is 10.1. The summed E-state index contributed by atoms with van der Waals surface area (Å²) in [5.74, 6) is 0. The predicted molar refractivity (Wildman–Crippen MR) is 123 cm³/mol. The minimum absolute atomic E-state index is 0.0629. The molecule has 3 aromatic heterocycles. The zero-order valence-corrected chi connectivity index (χ0v) is 17.4. The average molecular weight is 430 g/mol. The molecular weight excluding hydrogens is 414 g/mol. The van der Waals surface area contributed by atoms with Crippen molar-refractivity contribution in [3.05, 3.63) is 112 Å². The van der Waals surface area contributed by atoms with Crippen molar-refractivity contribution in [2.24, 2.45) is 0 Å². The Bertz CT molecular complexity index is 1370. The first-order valence-corrected chi connectivity index (χ1v) is 10.6. The summed E-state index contributed by atoms with van der Waals surface area (Å²) in [6.45, 7) is 0. The van der Waals surface area contributed by atoms with Crippen LogP contribution in [-0.4, -0.2) is 14.5 Å². The number of pyridine rings is 1. The van der Waals surface area contributed by atoms with Crippen LogP contribution < -0.4 is 5.56 Å². The molecule has 0 amide bonds. The zero-order valence-electron chi connectivity index (χ0n) is 15.8. The predicted octanol–water partition coefficient (Wildman–Crippen LogP) is 5.75. The SMILES string of the molecule is O=c1c2sc(-c3ccc(Cl)cc3)cc2ncn1-c1ccc(Cc2ccncc2)cc1. The van der Waals surface area contributed by atoms with Crippen LogP contribution in [0.1, 0.15) is 11.1 Å². The molecule has 5 rings (SSSR count). The lowest BCUT2D eigenvalue weighted by molar-refractivity contribution is 0.964. The third kappa shape index (κ3) is 3.65. The summed E-state index contributed by atoms with van der Waals surface area (Å²) >= 11 is 7.43. The summed E-state index contributed by atoms with van der Waals surface area (Å²) in [7, 11) is 0. The van der Waals surface area contributed by atoms with Crippen molar-refractivity contribution in [1.29, 1.82) is 0 Å². The molecule has 0 N–H and O–H groups in total. The summed E-state index contributed by atoms with van der Waals surface area (Å²) in [5, 5.41) is 0.688. The fourth-order valence-electron chi connectivity index (χ4n) is 3.36.